The Kier molecular flexibility index (Phi) is 5.01. The van der Waals surface area contributed by atoms with Crippen LogP contribution in [0.3, 0.4) is 0 Å². The lowest BCUT2D eigenvalue weighted by Crippen LogP contribution is -2.26. The summed E-state index contributed by atoms with van der Waals surface area (Å²) >= 11 is 2.03. The van der Waals surface area contributed by atoms with Gasteiger partial charge >= 0.3 is 5.97 Å². The third-order valence-electron chi connectivity index (χ3n) is 2.98. The van der Waals surface area contributed by atoms with E-state index in [1.807, 2.05) is 17.8 Å². The largest absolute Gasteiger partial charge is 0.477 e. The van der Waals surface area contributed by atoms with Crippen LogP contribution in [0.15, 0.2) is 18.2 Å². The Bertz CT molecular complexity index is 406. The molecule has 0 aromatic carbocycles. The van der Waals surface area contributed by atoms with Crippen LogP contribution in [0.5, 0.6) is 0 Å². The van der Waals surface area contributed by atoms with Gasteiger partial charge in [-0.05, 0) is 30.7 Å². The third-order valence-corrected chi connectivity index (χ3v) is 4.38. The van der Waals surface area contributed by atoms with E-state index in [9.17, 15) is 4.79 Å². The summed E-state index contributed by atoms with van der Waals surface area (Å²) in [5.41, 5.74) is 0.900. The number of hydrogen-bond acceptors (Lipinski definition) is 4. The molecular weight excluding hydrogens is 248 g/mol. The summed E-state index contributed by atoms with van der Waals surface area (Å²) in [5.74, 6) is 0.290. The van der Waals surface area contributed by atoms with E-state index < -0.39 is 5.97 Å². The van der Waals surface area contributed by atoms with E-state index in [2.05, 4.69) is 10.3 Å². The normalized spacial score (nSPS) is 19.7. The Morgan fingerprint density at radius 3 is 3.11 bits per heavy atom. The quantitative estimate of drug-likeness (QED) is 0.855. The van der Waals surface area contributed by atoms with Gasteiger partial charge in [-0.25, -0.2) is 9.78 Å². The number of aromatic carboxylic acids is 1. The van der Waals surface area contributed by atoms with E-state index in [1.165, 1.54) is 31.1 Å². The van der Waals surface area contributed by atoms with Gasteiger partial charge in [0.1, 0.15) is 5.69 Å². The molecule has 1 aliphatic rings. The van der Waals surface area contributed by atoms with Crippen LogP contribution in [0.4, 0.5) is 0 Å². The Morgan fingerprint density at radius 2 is 2.39 bits per heavy atom. The maximum atomic E-state index is 10.8. The molecule has 1 fully saturated rings. The molecule has 1 aliphatic heterocycles. The molecule has 0 bridgehead atoms. The van der Waals surface area contributed by atoms with Gasteiger partial charge < -0.3 is 10.4 Å². The van der Waals surface area contributed by atoms with Crippen molar-refractivity contribution in [2.24, 2.45) is 0 Å². The maximum absolute atomic E-state index is 10.8. The molecule has 0 spiro atoms. The summed E-state index contributed by atoms with van der Waals surface area (Å²) in [4.78, 5) is 14.9. The number of rotatable bonds is 5. The third kappa shape index (κ3) is 3.99. The van der Waals surface area contributed by atoms with E-state index in [4.69, 9.17) is 5.11 Å². The zero-order valence-electron chi connectivity index (χ0n) is 10.3. The molecule has 0 saturated carbocycles. The highest BCUT2D eigenvalue weighted by atomic mass is 32.2. The van der Waals surface area contributed by atoms with E-state index in [0.29, 0.717) is 11.8 Å². The molecule has 0 aliphatic carbocycles. The van der Waals surface area contributed by atoms with Crippen molar-refractivity contribution in [2.45, 2.75) is 31.1 Å². The molecule has 1 aromatic rings. The van der Waals surface area contributed by atoms with Gasteiger partial charge in [-0.1, -0.05) is 12.5 Å². The number of carbonyl (C=O) groups is 1. The van der Waals surface area contributed by atoms with Crippen molar-refractivity contribution in [2.75, 3.05) is 12.3 Å². The molecule has 0 amide bonds. The molecule has 2 heterocycles. The summed E-state index contributed by atoms with van der Waals surface area (Å²) in [6, 6.07) is 5.11. The van der Waals surface area contributed by atoms with Gasteiger partial charge in [0, 0.05) is 18.3 Å². The molecule has 1 aromatic heterocycles. The Balaban J connectivity index is 1.78. The molecule has 1 unspecified atom stereocenters. The molecule has 2 N–H and O–H groups in total. The van der Waals surface area contributed by atoms with Crippen LogP contribution >= 0.6 is 11.8 Å². The van der Waals surface area contributed by atoms with Gasteiger partial charge in [-0.2, -0.15) is 11.8 Å². The molecule has 1 saturated heterocycles. The summed E-state index contributed by atoms with van der Waals surface area (Å²) in [5, 5.41) is 12.9. The lowest BCUT2D eigenvalue weighted by atomic mass is 10.2. The average molecular weight is 266 g/mol. The minimum absolute atomic E-state index is 0.112. The SMILES string of the molecule is O=C(O)c1cccc(CNCC2CCCCS2)n1. The number of thioether (sulfide) groups is 1. The lowest BCUT2D eigenvalue weighted by Gasteiger charge is -2.21. The molecular formula is C13H18N2O2S. The smallest absolute Gasteiger partial charge is 0.354 e. The van der Waals surface area contributed by atoms with Gasteiger partial charge in [-0.15, -0.1) is 0 Å². The number of pyridine rings is 1. The second kappa shape index (κ2) is 6.75. The maximum Gasteiger partial charge on any atom is 0.354 e. The van der Waals surface area contributed by atoms with Gasteiger partial charge in [0.25, 0.3) is 0 Å². The van der Waals surface area contributed by atoms with E-state index in [0.717, 1.165) is 12.2 Å². The van der Waals surface area contributed by atoms with Crippen molar-refractivity contribution in [3.05, 3.63) is 29.6 Å². The molecule has 0 radical (unpaired) electrons. The second-order valence-electron chi connectivity index (χ2n) is 4.44. The molecule has 2 rings (SSSR count). The molecule has 1 atom stereocenters. The highest BCUT2D eigenvalue weighted by Crippen LogP contribution is 2.24. The molecule has 5 heteroatoms. The number of aromatic nitrogens is 1. The first-order chi connectivity index (χ1) is 8.75. The number of carboxylic acids is 1. The van der Waals surface area contributed by atoms with Crippen LogP contribution in [0.1, 0.15) is 35.4 Å². The zero-order chi connectivity index (χ0) is 12.8. The number of hydrogen-bond donors (Lipinski definition) is 2. The van der Waals surface area contributed by atoms with Gasteiger partial charge in [0.15, 0.2) is 0 Å². The minimum atomic E-state index is -0.973. The number of nitrogens with one attached hydrogen (secondary N) is 1. The van der Waals surface area contributed by atoms with Crippen molar-refractivity contribution < 1.29 is 9.90 Å². The molecule has 4 nitrogen and oxygen atoms in total. The Morgan fingerprint density at radius 1 is 1.50 bits per heavy atom. The Hall–Kier alpha value is -1.07. The van der Waals surface area contributed by atoms with Crippen LogP contribution < -0.4 is 5.32 Å². The van der Waals surface area contributed by atoms with E-state index in [1.54, 1.807) is 6.07 Å². The summed E-state index contributed by atoms with van der Waals surface area (Å²) in [7, 11) is 0. The van der Waals surface area contributed by atoms with E-state index in [-0.39, 0.29) is 5.69 Å². The monoisotopic (exact) mass is 266 g/mol. The van der Waals surface area contributed by atoms with Crippen molar-refractivity contribution in [3.63, 3.8) is 0 Å². The second-order valence-corrected chi connectivity index (χ2v) is 5.85. The van der Waals surface area contributed by atoms with Crippen molar-refractivity contribution >= 4 is 17.7 Å². The van der Waals surface area contributed by atoms with Crippen LogP contribution in [-0.2, 0) is 6.54 Å². The zero-order valence-corrected chi connectivity index (χ0v) is 11.1. The van der Waals surface area contributed by atoms with Crippen molar-refractivity contribution in [3.8, 4) is 0 Å². The first kappa shape index (κ1) is 13.4. The summed E-state index contributed by atoms with van der Waals surface area (Å²) in [6.45, 7) is 1.61. The first-order valence-corrected chi connectivity index (χ1v) is 7.32. The first-order valence-electron chi connectivity index (χ1n) is 6.27. The standard InChI is InChI=1S/C13H18N2O2S/c16-13(17)12-6-3-4-10(15-12)8-14-9-11-5-1-2-7-18-11/h3-4,6,11,14H,1-2,5,7-9H2,(H,16,17). The fraction of sp³-hybridized carbons (Fsp3) is 0.538. The highest BCUT2D eigenvalue weighted by Gasteiger charge is 2.13. The number of nitrogens with zero attached hydrogens (tertiary/aromatic N) is 1. The Labute approximate surface area is 111 Å². The fourth-order valence-electron chi connectivity index (χ4n) is 2.03. The van der Waals surface area contributed by atoms with Crippen LogP contribution in [0.2, 0.25) is 0 Å². The van der Waals surface area contributed by atoms with Gasteiger partial charge in [0.2, 0.25) is 0 Å². The summed E-state index contributed by atoms with van der Waals surface area (Å²) < 4.78 is 0. The van der Waals surface area contributed by atoms with Crippen LogP contribution in [0.25, 0.3) is 0 Å². The molecule has 18 heavy (non-hydrogen) atoms. The minimum Gasteiger partial charge on any atom is -0.477 e. The highest BCUT2D eigenvalue weighted by molar-refractivity contribution is 7.99. The predicted molar refractivity (Wildman–Crippen MR) is 73.0 cm³/mol. The topological polar surface area (TPSA) is 62.2 Å². The number of carboxylic acid groups (broad SMARTS) is 1. The molecule has 98 valence electrons. The summed E-state index contributed by atoms with van der Waals surface area (Å²) in [6.07, 6.45) is 3.94. The van der Waals surface area contributed by atoms with E-state index >= 15 is 0 Å². The fourth-order valence-corrected chi connectivity index (χ4v) is 3.30. The van der Waals surface area contributed by atoms with Crippen molar-refractivity contribution in [1.29, 1.82) is 0 Å². The van der Waals surface area contributed by atoms with Crippen LogP contribution in [0, 0.1) is 0 Å². The van der Waals surface area contributed by atoms with Gasteiger partial charge in [0.05, 0.1) is 5.69 Å². The van der Waals surface area contributed by atoms with Gasteiger partial charge in [-0.3, -0.25) is 0 Å². The van der Waals surface area contributed by atoms with Crippen molar-refractivity contribution in [1.82, 2.24) is 10.3 Å². The van der Waals surface area contributed by atoms with Crippen LogP contribution in [-0.4, -0.2) is 33.6 Å². The average Bonchev–Trinajstić information content (AvgIpc) is 2.40. The lowest BCUT2D eigenvalue weighted by molar-refractivity contribution is 0.0690. The predicted octanol–water partition coefficient (Wildman–Crippen LogP) is 2.16.